The van der Waals surface area contributed by atoms with Crippen molar-refractivity contribution in [2.45, 2.75) is 64.8 Å². The first-order chi connectivity index (χ1) is 9.47. The summed E-state index contributed by atoms with van der Waals surface area (Å²) in [4.78, 5) is 27.5. The largest absolute Gasteiger partial charge is 0.329 e. The molecule has 1 aliphatic carbocycles. The fourth-order valence-electron chi connectivity index (χ4n) is 3.07. The Morgan fingerprint density at radius 1 is 1.30 bits per heavy atom. The van der Waals surface area contributed by atoms with Crippen molar-refractivity contribution < 1.29 is 0 Å². The van der Waals surface area contributed by atoms with Crippen molar-refractivity contribution in [1.82, 2.24) is 9.55 Å². The van der Waals surface area contributed by atoms with E-state index in [0.29, 0.717) is 5.56 Å². The molecule has 0 saturated heterocycles. The number of halogens is 1. The lowest BCUT2D eigenvalue weighted by Crippen LogP contribution is -2.41. The molecule has 4 nitrogen and oxygen atoms in total. The quantitative estimate of drug-likeness (QED) is 0.866. The van der Waals surface area contributed by atoms with Crippen LogP contribution < -0.4 is 11.2 Å². The third-order valence-corrected chi connectivity index (χ3v) is 5.06. The van der Waals surface area contributed by atoms with Gasteiger partial charge in [-0.1, -0.05) is 44.7 Å². The summed E-state index contributed by atoms with van der Waals surface area (Å²) in [6.07, 6.45) is 5.15. The Hall–Kier alpha value is -1.03. The van der Waals surface area contributed by atoms with E-state index < -0.39 is 5.69 Å². The van der Waals surface area contributed by atoms with Crippen LogP contribution >= 0.6 is 11.6 Å². The molecule has 5 heteroatoms. The van der Waals surface area contributed by atoms with E-state index >= 15 is 0 Å². The van der Waals surface area contributed by atoms with Gasteiger partial charge in [0.15, 0.2) is 0 Å². The molecule has 0 amide bonds. The zero-order valence-electron chi connectivity index (χ0n) is 12.4. The van der Waals surface area contributed by atoms with Crippen LogP contribution in [0.4, 0.5) is 0 Å². The topological polar surface area (TPSA) is 54.9 Å². The predicted octanol–water partition coefficient (Wildman–Crippen LogP) is 3.45. The zero-order chi connectivity index (χ0) is 14.9. The van der Waals surface area contributed by atoms with E-state index in [1.165, 1.54) is 4.57 Å². The molecule has 0 radical (unpaired) electrons. The van der Waals surface area contributed by atoms with Crippen LogP contribution in [0.1, 0.15) is 70.4 Å². The third kappa shape index (κ3) is 2.71. The van der Waals surface area contributed by atoms with Crippen molar-refractivity contribution in [2.24, 2.45) is 5.92 Å². The van der Waals surface area contributed by atoms with E-state index in [0.717, 1.165) is 32.1 Å². The van der Waals surface area contributed by atoms with Crippen LogP contribution in [0.15, 0.2) is 9.59 Å². The fourth-order valence-corrected chi connectivity index (χ4v) is 3.39. The number of aromatic amines is 1. The summed E-state index contributed by atoms with van der Waals surface area (Å²) in [5.41, 5.74) is 0.0203. The van der Waals surface area contributed by atoms with Gasteiger partial charge in [-0.25, -0.2) is 4.79 Å². The average molecular weight is 299 g/mol. The highest BCUT2D eigenvalue weighted by Gasteiger charge is 2.27. The molecule has 1 heterocycles. The minimum Gasteiger partial charge on any atom is -0.297 e. The predicted molar refractivity (Wildman–Crippen MR) is 81.7 cm³/mol. The highest BCUT2D eigenvalue weighted by molar-refractivity contribution is 6.30. The van der Waals surface area contributed by atoms with E-state index in [9.17, 15) is 9.59 Å². The molecule has 112 valence electrons. The highest BCUT2D eigenvalue weighted by atomic mass is 35.5. The van der Waals surface area contributed by atoms with Gasteiger partial charge in [-0.3, -0.25) is 14.3 Å². The summed E-state index contributed by atoms with van der Waals surface area (Å²) in [6, 6.07) is -0.117. The van der Waals surface area contributed by atoms with E-state index in [1.807, 2.05) is 6.92 Å². The molecule has 0 bridgehead atoms. The van der Waals surface area contributed by atoms with E-state index in [2.05, 4.69) is 18.8 Å². The Morgan fingerprint density at radius 3 is 2.45 bits per heavy atom. The van der Waals surface area contributed by atoms with Gasteiger partial charge in [-0.15, -0.1) is 0 Å². The van der Waals surface area contributed by atoms with Gasteiger partial charge in [0.2, 0.25) is 0 Å². The highest BCUT2D eigenvalue weighted by Crippen LogP contribution is 2.34. The smallest absolute Gasteiger partial charge is 0.297 e. The van der Waals surface area contributed by atoms with E-state index in [-0.39, 0.29) is 28.6 Å². The lowest BCUT2D eigenvalue weighted by atomic mass is 9.98. The molecular weight excluding hydrogens is 276 g/mol. The lowest BCUT2D eigenvalue weighted by molar-refractivity contribution is 0.348. The first kappa shape index (κ1) is 15.4. The van der Waals surface area contributed by atoms with Crippen LogP contribution in [0.25, 0.3) is 0 Å². The molecule has 0 spiro atoms. The Morgan fingerprint density at radius 2 is 1.90 bits per heavy atom. The van der Waals surface area contributed by atoms with Crippen molar-refractivity contribution in [2.75, 3.05) is 0 Å². The summed E-state index contributed by atoms with van der Waals surface area (Å²) < 4.78 is 1.35. The maximum Gasteiger partial charge on any atom is 0.329 e. The van der Waals surface area contributed by atoms with Gasteiger partial charge >= 0.3 is 5.69 Å². The van der Waals surface area contributed by atoms with Crippen molar-refractivity contribution in [3.63, 3.8) is 0 Å². The average Bonchev–Trinajstić information content (AvgIpc) is 2.90. The van der Waals surface area contributed by atoms with Gasteiger partial charge < -0.3 is 0 Å². The van der Waals surface area contributed by atoms with Crippen LogP contribution in [-0.2, 0) is 0 Å². The van der Waals surface area contributed by atoms with Crippen molar-refractivity contribution >= 4 is 11.6 Å². The monoisotopic (exact) mass is 298 g/mol. The molecule has 2 rings (SSSR count). The number of hydrogen-bond donors (Lipinski definition) is 1. The van der Waals surface area contributed by atoms with Crippen molar-refractivity contribution in [1.29, 1.82) is 0 Å². The maximum absolute atomic E-state index is 12.7. The van der Waals surface area contributed by atoms with Gasteiger partial charge in [0.1, 0.15) is 5.15 Å². The molecule has 0 aromatic carbocycles. The second-order valence-electron chi connectivity index (χ2n) is 5.94. The van der Waals surface area contributed by atoms with Crippen LogP contribution in [0, 0.1) is 5.92 Å². The van der Waals surface area contributed by atoms with E-state index in [1.54, 1.807) is 0 Å². The van der Waals surface area contributed by atoms with Gasteiger partial charge in [0.05, 0.1) is 5.56 Å². The Bertz CT molecular complexity index is 585. The van der Waals surface area contributed by atoms with Gasteiger partial charge in [0.25, 0.3) is 5.56 Å². The third-order valence-electron chi connectivity index (χ3n) is 4.76. The summed E-state index contributed by atoms with van der Waals surface area (Å²) in [5.74, 6) is 0.466. The van der Waals surface area contributed by atoms with Crippen LogP contribution in [0.5, 0.6) is 0 Å². The Balaban J connectivity index is 2.55. The molecule has 1 saturated carbocycles. The number of rotatable bonds is 4. The normalized spacial score (nSPS) is 19.2. The van der Waals surface area contributed by atoms with Crippen LogP contribution in [0.2, 0.25) is 5.15 Å². The molecule has 1 fully saturated rings. The minimum absolute atomic E-state index is 0.117. The first-order valence-electron chi connectivity index (χ1n) is 7.51. The first-order valence-corrected chi connectivity index (χ1v) is 7.89. The zero-order valence-corrected chi connectivity index (χ0v) is 13.2. The molecule has 2 unspecified atom stereocenters. The molecule has 1 aromatic heterocycles. The van der Waals surface area contributed by atoms with Crippen LogP contribution in [0.3, 0.4) is 0 Å². The number of nitrogens with zero attached hydrogens (tertiary/aromatic N) is 1. The SMILES string of the molecule is CCC(C)C(C)n1c(=O)[nH]c(Cl)c(C2CCCC2)c1=O. The standard InChI is InChI=1S/C15H23ClN2O2/c1-4-9(2)10(3)18-14(19)12(11-7-5-6-8-11)13(16)17-15(18)20/h9-11H,4-8H2,1-3H3,(H,17,20). The molecule has 1 aliphatic rings. The molecule has 1 aromatic rings. The second kappa shape index (κ2) is 6.17. The second-order valence-corrected chi connectivity index (χ2v) is 6.32. The molecule has 2 atom stereocenters. The Labute approximate surface area is 124 Å². The van der Waals surface area contributed by atoms with Gasteiger partial charge in [0, 0.05) is 6.04 Å². The number of hydrogen-bond acceptors (Lipinski definition) is 2. The number of H-pyrrole nitrogens is 1. The number of nitrogens with one attached hydrogen (secondary N) is 1. The van der Waals surface area contributed by atoms with Crippen molar-refractivity contribution in [3.8, 4) is 0 Å². The Kier molecular flexibility index (Phi) is 4.74. The summed E-state index contributed by atoms with van der Waals surface area (Å²) in [7, 11) is 0. The van der Waals surface area contributed by atoms with Gasteiger partial charge in [-0.05, 0) is 31.6 Å². The molecule has 1 N–H and O–H groups in total. The molecule has 20 heavy (non-hydrogen) atoms. The molecule has 0 aliphatic heterocycles. The van der Waals surface area contributed by atoms with Crippen LogP contribution in [-0.4, -0.2) is 9.55 Å². The summed E-state index contributed by atoms with van der Waals surface area (Å²) in [5, 5.41) is 0.236. The fraction of sp³-hybridized carbons (Fsp3) is 0.733. The summed E-state index contributed by atoms with van der Waals surface area (Å²) in [6.45, 7) is 6.05. The minimum atomic E-state index is -0.394. The van der Waals surface area contributed by atoms with E-state index in [4.69, 9.17) is 11.6 Å². The van der Waals surface area contributed by atoms with Crippen molar-refractivity contribution in [3.05, 3.63) is 31.6 Å². The maximum atomic E-state index is 12.7. The van der Waals surface area contributed by atoms with Gasteiger partial charge in [-0.2, -0.15) is 0 Å². The molecular formula is C15H23ClN2O2. The summed E-state index contributed by atoms with van der Waals surface area (Å²) >= 11 is 6.14. The lowest BCUT2D eigenvalue weighted by Gasteiger charge is -2.22. The number of aromatic nitrogens is 2.